The van der Waals surface area contributed by atoms with Crippen molar-refractivity contribution in [2.24, 2.45) is 5.92 Å². The molecule has 0 spiro atoms. The van der Waals surface area contributed by atoms with Crippen LogP contribution in [0, 0.1) is 17.8 Å². The van der Waals surface area contributed by atoms with Crippen molar-refractivity contribution in [1.29, 1.82) is 5.26 Å². The molecule has 1 heterocycles. The first-order valence-electron chi connectivity index (χ1n) is 5.92. The minimum absolute atomic E-state index is 1.04. The molecule has 2 atom stereocenters. The van der Waals surface area contributed by atoms with Crippen molar-refractivity contribution in [2.45, 2.75) is 46.0 Å². The average Bonchev–Trinajstić information content (AvgIpc) is 2.69. The quantitative estimate of drug-likeness (QED) is 0.525. The van der Waals surface area contributed by atoms with E-state index in [1.807, 2.05) is 4.90 Å². The smallest absolute Gasteiger partial charge is 0.0801 e. The lowest BCUT2D eigenvalue weighted by Gasteiger charge is -2.12. The molecule has 14 heavy (non-hydrogen) atoms. The van der Waals surface area contributed by atoms with Crippen molar-refractivity contribution < 1.29 is 4.90 Å². The lowest BCUT2D eigenvalue weighted by atomic mass is 10.1. The Labute approximate surface area is 88.9 Å². The minimum atomic E-state index is 1.04. The molecule has 0 bridgehead atoms. The summed E-state index contributed by atoms with van der Waals surface area (Å²) in [4.78, 5) is 1.87. The van der Waals surface area contributed by atoms with E-state index in [1.165, 1.54) is 51.7 Å². The van der Waals surface area contributed by atoms with E-state index in [4.69, 9.17) is 11.8 Å². The van der Waals surface area contributed by atoms with Gasteiger partial charge in [0.15, 0.2) is 0 Å². The van der Waals surface area contributed by atoms with Crippen molar-refractivity contribution >= 4 is 0 Å². The van der Waals surface area contributed by atoms with Crippen LogP contribution in [0.2, 0.25) is 0 Å². The SMILES string of the molecule is CCCCC[NH+]1CCC(CC)C1.[C-]#N. The molecule has 0 saturated carbocycles. The second kappa shape index (κ2) is 9.02. The second-order valence-electron chi connectivity index (χ2n) is 4.22. The number of nitrogens with zero attached hydrogens (tertiary/aromatic N) is 1. The predicted molar refractivity (Wildman–Crippen MR) is 58.5 cm³/mol. The Morgan fingerprint density at radius 2 is 2.00 bits per heavy atom. The fourth-order valence-electron chi connectivity index (χ4n) is 2.22. The number of likely N-dealkylation sites (tertiary alicyclic amines) is 1. The topological polar surface area (TPSA) is 28.2 Å². The summed E-state index contributed by atoms with van der Waals surface area (Å²) in [5.41, 5.74) is 0. The molecule has 2 unspecified atom stereocenters. The van der Waals surface area contributed by atoms with E-state index in [0.717, 1.165) is 5.92 Å². The van der Waals surface area contributed by atoms with Crippen LogP contribution in [0.4, 0.5) is 0 Å². The first kappa shape index (κ1) is 13.4. The van der Waals surface area contributed by atoms with Crippen molar-refractivity contribution in [2.75, 3.05) is 19.6 Å². The Morgan fingerprint density at radius 1 is 1.29 bits per heavy atom. The Kier molecular flexibility index (Phi) is 8.67. The van der Waals surface area contributed by atoms with Crippen molar-refractivity contribution in [3.63, 3.8) is 0 Å². The molecule has 1 aliphatic rings. The minimum Gasteiger partial charge on any atom is -0.512 e. The molecule has 0 aromatic heterocycles. The molecule has 2 nitrogen and oxygen atoms in total. The summed E-state index contributed by atoms with van der Waals surface area (Å²) in [6.07, 6.45) is 7.13. The highest BCUT2D eigenvalue weighted by Gasteiger charge is 2.23. The maximum atomic E-state index is 6.25. The Hall–Kier alpha value is -0.550. The van der Waals surface area contributed by atoms with Gasteiger partial charge in [-0.2, -0.15) is 0 Å². The van der Waals surface area contributed by atoms with Gasteiger partial charge >= 0.3 is 0 Å². The molecule has 2 heteroatoms. The maximum absolute atomic E-state index is 6.25. The van der Waals surface area contributed by atoms with Crippen LogP contribution in [0.25, 0.3) is 0 Å². The molecule has 1 N–H and O–H groups in total. The lowest BCUT2D eigenvalue weighted by molar-refractivity contribution is -0.889. The van der Waals surface area contributed by atoms with Crippen LogP contribution in [0.3, 0.4) is 0 Å². The largest absolute Gasteiger partial charge is 0.512 e. The van der Waals surface area contributed by atoms with Crippen molar-refractivity contribution in [3.8, 4) is 0 Å². The third kappa shape index (κ3) is 5.24. The molecule has 0 radical (unpaired) electrons. The van der Waals surface area contributed by atoms with Crippen LogP contribution >= 0.6 is 0 Å². The van der Waals surface area contributed by atoms with Gasteiger partial charge < -0.3 is 16.7 Å². The molecule has 0 aliphatic carbocycles. The number of unbranched alkanes of at least 4 members (excludes halogenated alkanes) is 2. The normalized spacial score (nSPS) is 25.4. The van der Waals surface area contributed by atoms with Crippen molar-refractivity contribution in [3.05, 3.63) is 6.57 Å². The van der Waals surface area contributed by atoms with Gasteiger partial charge in [-0.3, -0.25) is 0 Å². The summed E-state index contributed by atoms with van der Waals surface area (Å²) < 4.78 is 0. The van der Waals surface area contributed by atoms with Gasteiger partial charge in [0.25, 0.3) is 0 Å². The zero-order valence-corrected chi connectivity index (χ0v) is 9.68. The summed E-state index contributed by atoms with van der Waals surface area (Å²) in [6, 6.07) is 0. The van der Waals surface area contributed by atoms with Crippen molar-refractivity contribution in [1.82, 2.24) is 0 Å². The van der Waals surface area contributed by atoms with E-state index < -0.39 is 0 Å². The molecule has 1 saturated heterocycles. The van der Waals surface area contributed by atoms with Crippen LogP contribution in [0.1, 0.15) is 46.0 Å². The molecular weight excluding hydrogens is 172 g/mol. The van der Waals surface area contributed by atoms with E-state index in [1.54, 1.807) is 0 Å². The van der Waals surface area contributed by atoms with E-state index in [9.17, 15) is 0 Å². The van der Waals surface area contributed by atoms with Crippen LogP contribution in [0.5, 0.6) is 0 Å². The summed E-state index contributed by atoms with van der Waals surface area (Å²) in [5, 5.41) is 6.25. The summed E-state index contributed by atoms with van der Waals surface area (Å²) in [5.74, 6) is 1.04. The molecule has 1 rings (SSSR count). The second-order valence-corrected chi connectivity index (χ2v) is 4.22. The van der Waals surface area contributed by atoms with E-state index in [-0.39, 0.29) is 0 Å². The number of quaternary nitrogens is 1. The zero-order chi connectivity index (χ0) is 10.8. The Bertz CT molecular complexity index is 143. The third-order valence-electron chi connectivity index (χ3n) is 3.19. The fraction of sp³-hybridized carbons (Fsp3) is 0.917. The summed E-state index contributed by atoms with van der Waals surface area (Å²) >= 11 is 0. The molecule has 0 aromatic rings. The van der Waals surface area contributed by atoms with Gasteiger partial charge in [0.05, 0.1) is 19.6 Å². The molecule has 82 valence electrons. The van der Waals surface area contributed by atoms with E-state index >= 15 is 0 Å². The maximum Gasteiger partial charge on any atom is 0.0801 e. The fourth-order valence-corrected chi connectivity index (χ4v) is 2.22. The lowest BCUT2D eigenvalue weighted by Crippen LogP contribution is -3.10. The monoisotopic (exact) mass is 196 g/mol. The highest BCUT2D eigenvalue weighted by Crippen LogP contribution is 2.07. The number of nitrogens with one attached hydrogen (secondary N) is 1. The van der Waals surface area contributed by atoms with Gasteiger partial charge in [-0.05, 0) is 19.3 Å². The van der Waals surface area contributed by atoms with E-state index in [0.29, 0.717) is 0 Å². The Balaban J connectivity index is 0.000000791. The highest BCUT2D eigenvalue weighted by atomic mass is 15.1. The third-order valence-corrected chi connectivity index (χ3v) is 3.19. The van der Waals surface area contributed by atoms with Gasteiger partial charge in [-0.25, -0.2) is 0 Å². The zero-order valence-electron chi connectivity index (χ0n) is 9.68. The number of hydrogen-bond acceptors (Lipinski definition) is 1. The van der Waals surface area contributed by atoms with Gasteiger partial charge in [-0.1, -0.05) is 20.3 Å². The van der Waals surface area contributed by atoms with Crippen LogP contribution in [-0.4, -0.2) is 19.6 Å². The predicted octanol–water partition coefficient (Wildman–Crippen LogP) is 1.59. The summed E-state index contributed by atoms with van der Waals surface area (Å²) in [7, 11) is 0. The molecular formula is C12H24N2. The molecule has 0 aromatic carbocycles. The summed E-state index contributed by atoms with van der Waals surface area (Å²) in [6.45, 7) is 13.7. The van der Waals surface area contributed by atoms with Crippen LogP contribution in [0.15, 0.2) is 0 Å². The van der Waals surface area contributed by atoms with Gasteiger partial charge in [0.1, 0.15) is 0 Å². The van der Waals surface area contributed by atoms with Gasteiger partial charge in [-0.15, -0.1) is 0 Å². The van der Waals surface area contributed by atoms with Gasteiger partial charge in [0.2, 0.25) is 0 Å². The highest BCUT2D eigenvalue weighted by molar-refractivity contribution is 4.59. The molecule has 0 amide bonds. The average molecular weight is 196 g/mol. The van der Waals surface area contributed by atoms with Crippen LogP contribution in [-0.2, 0) is 0 Å². The van der Waals surface area contributed by atoms with Gasteiger partial charge in [0, 0.05) is 12.3 Å². The first-order chi connectivity index (χ1) is 6.86. The van der Waals surface area contributed by atoms with Crippen LogP contribution < -0.4 is 4.90 Å². The number of hydrogen-bond donors (Lipinski definition) is 1. The Morgan fingerprint density at radius 3 is 2.50 bits per heavy atom. The molecule has 1 fully saturated rings. The molecule has 1 aliphatic heterocycles. The standard InChI is InChI=1S/C11H23N.CN/c1-3-5-6-8-12-9-7-11(4-2)10-12;1-2/h11H,3-10H2,1-2H3;/q;-1/p+1. The number of rotatable bonds is 5. The van der Waals surface area contributed by atoms with E-state index in [2.05, 4.69) is 13.8 Å². The first-order valence-corrected chi connectivity index (χ1v) is 5.92.